The summed E-state index contributed by atoms with van der Waals surface area (Å²) in [6.07, 6.45) is 1.51. The number of aromatic nitrogens is 5. The number of nitrogens with zero attached hydrogens (tertiary/aromatic N) is 6. The number of hydrogen-bond acceptors (Lipinski definition) is 7. The third kappa shape index (κ3) is 4.24. The average molecular weight is 378 g/mol. The smallest absolute Gasteiger partial charge is 0.254 e. The lowest BCUT2D eigenvalue weighted by molar-refractivity contribution is -0.130. The lowest BCUT2D eigenvalue weighted by atomic mass is 10.1. The normalized spacial score (nSPS) is 15.3. The SMILES string of the molecule is Cc1cc(OC2CCN(C(=O)CSc3nnnn3C)CC2)cc(=O)n1C. The van der Waals surface area contributed by atoms with Gasteiger partial charge < -0.3 is 14.2 Å². The van der Waals surface area contributed by atoms with Gasteiger partial charge in [-0.1, -0.05) is 11.8 Å². The summed E-state index contributed by atoms with van der Waals surface area (Å²) in [6, 6.07) is 3.38. The molecule has 0 spiro atoms. The Morgan fingerprint density at radius 3 is 2.65 bits per heavy atom. The highest BCUT2D eigenvalue weighted by atomic mass is 32.2. The van der Waals surface area contributed by atoms with Gasteiger partial charge in [0, 0.05) is 51.8 Å². The minimum atomic E-state index is -0.0806. The first-order valence-corrected chi connectivity index (χ1v) is 9.40. The van der Waals surface area contributed by atoms with Crippen LogP contribution in [0.3, 0.4) is 0 Å². The predicted molar refractivity (Wildman–Crippen MR) is 96.2 cm³/mol. The van der Waals surface area contributed by atoms with Crippen molar-refractivity contribution in [2.24, 2.45) is 14.1 Å². The molecule has 2 aromatic heterocycles. The molecule has 1 aliphatic rings. The maximum absolute atomic E-state index is 12.3. The Bertz CT molecular complexity index is 841. The Kier molecular flexibility index (Phi) is 5.60. The van der Waals surface area contributed by atoms with Gasteiger partial charge in [-0.05, 0) is 23.4 Å². The van der Waals surface area contributed by atoms with Gasteiger partial charge in [-0.2, -0.15) is 0 Å². The Hall–Kier alpha value is -2.36. The minimum absolute atomic E-state index is 0.0150. The Morgan fingerprint density at radius 2 is 2.04 bits per heavy atom. The molecule has 0 radical (unpaired) electrons. The fourth-order valence-electron chi connectivity index (χ4n) is 2.78. The van der Waals surface area contributed by atoms with Crippen molar-refractivity contribution in [2.75, 3.05) is 18.8 Å². The molecule has 9 nitrogen and oxygen atoms in total. The van der Waals surface area contributed by atoms with E-state index >= 15 is 0 Å². The van der Waals surface area contributed by atoms with Gasteiger partial charge >= 0.3 is 0 Å². The molecule has 1 aliphatic heterocycles. The molecule has 2 aromatic rings. The van der Waals surface area contributed by atoms with Crippen LogP contribution >= 0.6 is 11.8 Å². The fourth-order valence-corrected chi connectivity index (χ4v) is 3.53. The summed E-state index contributed by atoms with van der Waals surface area (Å²) < 4.78 is 9.08. The summed E-state index contributed by atoms with van der Waals surface area (Å²) >= 11 is 1.33. The molecule has 0 bridgehead atoms. The highest BCUT2D eigenvalue weighted by Gasteiger charge is 2.24. The highest BCUT2D eigenvalue weighted by molar-refractivity contribution is 7.99. The van der Waals surface area contributed by atoms with Gasteiger partial charge in [0.2, 0.25) is 11.1 Å². The first kappa shape index (κ1) is 18.4. The van der Waals surface area contributed by atoms with Crippen molar-refractivity contribution in [3.63, 3.8) is 0 Å². The van der Waals surface area contributed by atoms with E-state index in [2.05, 4.69) is 15.5 Å². The Labute approximate surface area is 155 Å². The van der Waals surface area contributed by atoms with Crippen LogP contribution in [0.4, 0.5) is 0 Å². The zero-order chi connectivity index (χ0) is 18.7. The van der Waals surface area contributed by atoms with E-state index in [1.807, 2.05) is 17.9 Å². The van der Waals surface area contributed by atoms with Crippen molar-refractivity contribution in [2.45, 2.75) is 31.0 Å². The van der Waals surface area contributed by atoms with Gasteiger partial charge in [-0.25, -0.2) is 4.68 Å². The minimum Gasteiger partial charge on any atom is -0.490 e. The molecule has 140 valence electrons. The lowest BCUT2D eigenvalue weighted by Crippen LogP contribution is -2.42. The van der Waals surface area contributed by atoms with Crippen molar-refractivity contribution in [1.82, 2.24) is 29.7 Å². The van der Waals surface area contributed by atoms with E-state index in [0.29, 0.717) is 29.7 Å². The van der Waals surface area contributed by atoms with Crippen LogP contribution < -0.4 is 10.3 Å². The van der Waals surface area contributed by atoms with Crippen LogP contribution in [0.25, 0.3) is 0 Å². The standard InChI is InChI=1S/C16H22N6O3S/c1-11-8-13(9-14(23)20(11)2)25-12-4-6-22(7-5-12)15(24)10-26-16-17-18-19-21(16)3/h8-9,12H,4-7,10H2,1-3H3. The number of ether oxygens (including phenoxy) is 1. The van der Waals surface area contributed by atoms with Gasteiger partial charge in [0.25, 0.3) is 5.56 Å². The second-order valence-electron chi connectivity index (χ2n) is 6.30. The maximum atomic E-state index is 12.3. The van der Waals surface area contributed by atoms with E-state index in [0.717, 1.165) is 18.5 Å². The Balaban J connectivity index is 1.48. The first-order chi connectivity index (χ1) is 12.4. The molecule has 1 amide bonds. The number of likely N-dealkylation sites (tertiary alicyclic amines) is 1. The second-order valence-corrected chi connectivity index (χ2v) is 7.24. The Morgan fingerprint density at radius 1 is 1.31 bits per heavy atom. The molecule has 0 atom stereocenters. The molecule has 1 saturated heterocycles. The molecule has 0 saturated carbocycles. The van der Waals surface area contributed by atoms with Crippen LogP contribution in [0.1, 0.15) is 18.5 Å². The van der Waals surface area contributed by atoms with Crippen LogP contribution in [-0.4, -0.2) is 60.5 Å². The quantitative estimate of drug-likeness (QED) is 0.694. The van der Waals surface area contributed by atoms with Gasteiger partial charge in [0.1, 0.15) is 11.9 Å². The van der Waals surface area contributed by atoms with E-state index in [-0.39, 0.29) is 17.6 Å². The summed E-state index contributed by atoms with van der Waals surface area (Å²) in [5.41, 5.74) is 0.776. The van der Waals surface area contributed by atoms with Crippen molar-refractivity contribution in [3.8, 4) is 5.75 Å². The molecule has 0 unspecified atom stereocenters. The predicted octanol–water partition coefficient (Wildman–Crippen LogP) is 0.379. The van der Waals surface area contributed by atoms with Crippen molar-refractivity contribution in [3.05, 3.63) is 28.2 Å². The van der Waals surface area contributed by atoms with Crippen LogP contribution in [0, 0.1) is 6.92 Å². The maximum Gasteiger partial charge on any atom is 0.254 e. The molecule has 26 heavy (non-hydrogen) atoms. The summed E-state index contributed by atoms with van der Waals surface area (Å²) in [7, 11) is 3.48. The van der Waals surface area contributed by atoms with Crippen LogP contribution in [0.15, 0.2) is 22.1 Å². The van der Waals surface area contributed by atoms with Crippen molar-refractivity contribution < 1.29 is 9.53 Å². The molecule has 3 heterocycles. The fraction of sp³-hybridized carbons (Fsp3) is 0.562. The largest absolute Gasteiger partial charge is 0.490 e. The molecule has 0 aliphatic carbocycles. The van der Waals surface area contributed by atoms with E-state index in [1.54, 1.807) is 23.3 Å². The van der Waals surface area contributed by atoms with Gasteiger partial charge in [-0.15, -0.1) is 5.10 Å². The van der Waals surface area contributed by atoms with Gasteiger partial charge in [0.05, 0.1) is 5.75 Å². The number of thioether (sulfide) groups is 1. The topological polar surface area (TPSA) is 95.1 Å². The number of hydrogen-bond donors (Lipinski definition) is 0. The number of piperidine rings is 1. The van der Waals surface area contributed by atoms with E-state index < -0.39 is 0 Å². The lowest BCUT2D eigenvalue weighted by Gasteiger charge is -2.32. The van der Waals surface area contributed by atoms with Crippen molar-refractivity contribution in [1.29, 1.82) is 0 Å². The second kappa shape index (κ2) is 7.90. The molecule has 1 fully saturated rings. The molecular formula is C16H22N6O3S. The monoisotopic (exact) mass is 378 g/mol. The molecule has 10 heteroatoms. The number of rotatable bonds is 5. The van der Waals surface area contributed by atoms with E-state index in [1.165, 1.54) is 17.8 Å². The van der Waals surface area contributed by atoms with E-state index in [9.17, 15) is 9.59 Å². The van der Waals surface area contributed by atoms with Crippen LogP contribution in [0.5, 0.6) is 5.75 Å². The van der Waals surface area contributed by atoms with E-state index in [4.69, 9.17) is 4.74 Å². The third-order valence-corrected chi connectivity index (χ3v) is 5.48. The van der Waals surface area contributed by atoms with Crippen LogP contribution in [0.2, 0.25) is 0 Å². The zero-order valence-electron chi connectivity index (χ0n) is 15.1. The summed E-state index contributed by atoms with van der Waals surface area (Å²) in [4.78, 5) is 26.0. The number of amides is 1. The third-order valence-electron chi connectivity index (χ3n) is 4.48. The highest BCUT2D eigenvalue weighted by Crippen LogP contribution is 2.20. The molecular weight excluding hydrogens is 356 g/mol. The summed E-state index contributed by atoms with van der Waals surface area (Å²) in [5, 5.41) is 11.8. The molecule has 0 aromatic carbocycles. The number of carbonyl (C=O) groups is 1. The molecule has 0 N–H and O–H groups in total. The average Bonchev–Trinajstić information content (AvgIpc) is 3.03. The first-order valence-electron chi connectivity index (χ1n) is 8.41. The number of pyridine rings is 1. The number of carbonyl (C=O) groups excluding carboxylic acids is 1. The summed E-state index contributed by atoms with van der Waals surface area (Å²) in [6.45, 7) is 3.16. The number of aryl methyl sites for hydroxylation is 2. The summed E-state index contributed by atoms with van der Waals surface area (Å²) in [5.74, 6) is 0.981. The van der Waals surface area contributed by atoms with Gasteiger partial charge in [-0.3, -0.25) is 9.59 Å². The van der Waals surface area contributed by atoms with Crippen LogP contribution in [-0.2, 0) is 18.9 Å². The zero-order valence-corrected chi connectivity index (χ0v) is 15.9. The molecule has 3 rings (SSSR count). The number of tetrazole rings is 1. The van der Waals surface area contributed by atoms with Crippen molar-refractivity contribution >= 4 is 17.7 Å². The van der Waals surface area contributed by atoms with Gasteiger partial charge in [0.15, 0.2) is 0 Å².